The molecule has 2 rings (SSSR count). The molecule has 0 saturated carbocycles. The number of carbonyl (C=O) groups is 2. The van der Waals surface area contributed by atoms with Gasteiger partial charge in [0.1, 0.15) is 5.75 Å². The number of nitrogens with one attached hydrogen (secondary N) is 3. The second kappa shape index (κ2) is 10.6. The van der Waals surface area contributed by atoms with Crippen molar-refractivity contribution in [1.82, 2.24) is 5.32 Å². The fourth-order valence-corrected chi connectivity index (χ4v) is 3.10. The van der Waals surface area contributed by atoms with E-state index in [2.05, 4.69) is 15.6 Å². The number of benzene rings is 2. The van der Waals surface area contributed by atoms with Crippen LogP contribution < -0.4 is 21.1 Å². The first-order valence-corrected chi connectivity index (χ1v) is 9.52. The summed E-state index contributed by atoms with van der Waals surface area (Å²) in [4.78, 5) is 27.4. The molecule has 0 heterocycles. The lowest BCUT2D eigenvalue weighted by atomic mass is 10.1. The van der Waals surface area contributed by atoms with Crippen molar-refractivity contribution in [3.05, 3.63) is 57.6 Å². The monoisotopic (exact) mass is 449 g/mol. The smallest absolute Gasteiger partial charge is 0.232 e. The van der Waals surface area contributed by atoms with Crippen LogP contribution in [0, 0.1) is 5.41 Å². The molecule has 8 nitrogen and oxygen atoms in total. The fraction of sp³-hybridized carbons (Fsp3) is 0.200. The third-order valence-corrected chi connectivity index (χ3v) is 4.47. The maximum absolute atomic E-state index is 12.1. The van der Waals surface area contributed by atoms with Gasteiger partial charge in [0.05, 0.1) is 35.8 Å². The normalized spacial score (nSPS) is 11.0. The molecule has 0 aliphatic rings. The molecule has 0 aliphatic carbocycles. The van der Waals surface area contributed by atoms with Crippen molar-refractivity contribution in [2.75, 3.05) is 12.4 Å². The first-order chi connectivity index (χ1) is 14.2. The number of ether oxygens (including phenoxy) is 1. The van der Waals surface area contributed by atoms with Gasteiger partial charge in [-0.2, -0.15) is 0 Å². The maximum atomic E-state index is 12.1. The van der Waals surface area contributed by atoms with Gasteiger partial charge in [-0.25, -0.2) is 4.99 Å². The highest BCUT2D eigenvalue weighted by Gasteiger charge is 2.11. The van der Waals surface area contributed by atoms with Crippen molar-refractivity contribution in [3.8, 4) is 5.75 Å². The molecule has 30 heavy (non-hydrogen) atoms. The third-order valence-electron chi connectivity index (χ3n) is 3.88. The molecule has 0 bridgehead atoms. The lowest BCUT2D eigenvalue weighted by Crippen LogP contribution is -2.37. The number of nitrogens with zero attached hydrogens (tertiary/aromatic N) is 1. The average molecular weight is 450 g/mol. The number of nitrogens with two attached hydrogens (primary N) is 1. The lowest BCUT2D eigenvalue weighted by Gasteiger charge is -2.10. The predicted molar refractivity (Wildman–Crippen MR) is 119 cm³/mol. The first-order valence-electron chi connectivity index (χ1n) is 8.76. The van der Waals surface area contributed by atoms with Crippen LogP contribution in [0.25, 0.3) is 0 Å². The Morgan fingerprint density at radius 3 is 2.30 bits per heavy atom. The fourth-order valence-electron chi connectivity index (χ4n) is 2.47. The highest BCUT2D eigenvalue weighted by atomic mass is 35.5. The topological polar surface area (TPSA) is 130 Å². The van der Waals surface area contributed by atoms with Gasteiger partial charge in [0.2, 0.25) is 11.8 Å². The van der Waals surface area contributed by atoms with E-state index in [1.807, 2.05) is 0 Å². The van der Waals surface area contributed by atoms with E-state index in [4.69, 9.17) is 39.1 Å². The number of carbonyl (C=O) groups excluding carboxylic acids is 2. The standard InChI is InChI=1S/C20H21Cl2N5O3/c1-11(28)26-19-15(21)7-12(8-16(19)22)10-25-20(24)27-18(29)9-17(23)13-3-5-14(30-2)6-4-13/h3-8,23H,9-10H2,1-2H3,(H,26,28)(H3,24,25,27,29). The van der Waals surface area contributed by atoms with Gasteiger partial charge in [0, 0.05) is 12.6 Å². The summed E-state index contributed by atoms with van der Waals surface area (Å²) in [5.41, 5.74) is 7.45. The van der Waals surface area contributed by atoms with Crippen molar-refractivity contribution in [1.29, 1.82) is 5.41 Å². The van der Waals surface area contributed by atoms with Crippen LogP contribution in [0.2, 0.25) is 10.0 Å². The molecule has 0 aromatic heterocycles. The molecule has 158 valence electrons. The Morgan fingerprint density at radius 1 is 1.17 bits per heavy atom. The number of anilines is 1. The molecule has 0 atom stereocenters. The minimum Gasteiger partial charge on any atom is -0.497 e. The average Bonchev–Trinajstić information content (AvgIpc) is 2.69. The van der Waals surface area contributed by atoms with Crippen LogP contribution in [0.3, 0.4) is 0 Å². The summed E-state index contributed by atoms with van der Waals surface area (Å²) >= 11 is 12.3. The second-order valence-electron chi connectivity index (χ2n) is 6.25. The summed E-state index contributed by atoms with van der Waals surface area (Å²) < 4.78 is 5.07. The zero-order valence-electron chi connectivity index (χ0n) is 16.4. The van der Waals surface area contributed by atoms with Crippen molar-refractivity contribution >= 4 is 52.4 Å². The highest BCUT2D eigenvalue weighted by Crippen LogP contribution is 2.32. The van der Waals surface area contributed by atoms with Crippen molar-refractivity contribution in [2.45, 2.75) is 19.9 Å². The molecule has 0 spiro atoms. The number of hydrogen-bond donors (Lipinski definition) is 4. The number of aliphatic imine (C=N–C) groups is 1. The Labute approximate surface area is 183 Å². The maximum Gasteiger partial charge on any atom is 0.232 e. The lowest BCUT2D eigenvalue weighted by molar-refractivity contribution is -0.118. The van der Waals surface area contributed by atoms with Crippen LogP contribution >= 0.6 is 23.2 Å². The Bertz CT molecular complexity index is 967. The minimum absolute atomic E-state index is 0.0966. The van der Waals surface area contributed by atoms with Crippen molar-refractivity contribution < 1.29 is 14.3 Å². The van der Waals surface area contributed by atoms with Gasteiger partial charge in [-0.3, -0.25) is 14.9 Å². The molecule has 0 fully saturated rings. The van der Waals surface area contributed by atoms with Gasteiger partial charge in [0.25, 0.3) is 0 Å². The van der Waals surface area contributed by atoms with Gasteiger partial charge < -0.3 is 21.2 Å². The Morgan fingerprint density at radius 2 is 1.77 bits per heavy atom. The third kappa shape index (κ3) is 6.75. The Hall–Kier alpha value is -3.10. The molecule has 2 amide bonds. The highest BCUT2D eigenvalue weighted by molar-refractivity contribution is 6.39. The quantitative estimate of drug-likeness (QED) is 0.381. The largest absolute Gasteiger partial charge is 0.497 e. The summed E-state index contributed by atoms with van der Waals surface area (Å²) in [6, 6.07) is 10.0. The molecule has 2 aromatic rings. The molecule has 0 radical (unpaired) electrons. The van der Waals surface area contributed by atoms with E-state index in [1.165, 1.54) is 6.92 Å². The minimum atomic E-state index is -0.464. The van der Waals surface area contributed by atoms with Gasteiger partial charge in [-0.1, -0.05) is 23.2 Å². The molecule has 5 N–H and O–H groups in total. The van der Waals surface area contributed by atoms with E-state index in [0.717, 1.165) is 0 Å². The van der Waals surface area contributed by atoms with Gasteiger partial charge >= 0.3 is 0 Å². The summed E-state index contributed by atoms with van der Waals surface area (Å²) in [5.74, 6) is -0.190. The molecular formula is C20H21Cl2N5O3. The first kappa shape index (κ1) is 23.2. The van der Waals surface area contributed by atoms with E-state index >= 15 is 0 Å². The van der Waals surface area contributed by atoms with E-state index < -0.39 is 5.91 Å². The number of hydrogen-bond acceptors (Lipinski definition) is 5. The number of guanidine groups is 1. The van der Waals surface area contributed by atoms with Crippen molar-refractivity contribution in [3.63, 3.8) is 0 Å². The molecule has 0 saturated heterocycles. The summed E-state index contributed by atoms with van der Waals surface area (Å²) in [6.45, 7) is 1.46. The van der Waals surface area contributed by atoms with Gasteiger partial charge in [-0.15, -0.1) is 0 Å². The van der Waals surface area contributed by atoms with E-state index in [0.29, 0.717) is 22.6 Å². The second-order valence-corrected chi connectivity index (χ2v) is 7.06. The molecule has 0 aliphatic heterocycles. The summed E-state index contributed by atoms with van der Waals surface area (Å²) in [6.07, 6.45) is -0.161. The van der Waals surface area contributed by atoms with E-state index in [-0.39, 0.29) is 40.6 Å². The summed E-state index contributed by atoms with van der Waals surface area (Å²) in [7, 11) is 1.55. The zero-order chi connectivity index (χ0) is 22.3. The number of methoxy groups -OCH3 is 1. The van der Waals surface area contributed by atoms with Gasteiger partial charge in [-0.05, 0) is 47.5 Å². The molecule has 0 unspecified atom stereocenters. The number of halogens is 2. The molecular weight excluding hydrogens is 429 g/mol. The predicted octanol–water partition coefficient (Wildman–Crippen LogP) is 3.35. The SMILES string of the molecule is COc1ccc(C(=N)CC(=O)NC(N)=NCc2cc(Cl)c(NC(C)=O)c(Cl)c2)cc1. The van der Waals surface area contributed by atoms with E-state index in [1.54, 1.807) is 43.5 Å². The molecule has 2 aromatic carbocycles. The van der Waals surface area contributed by atoms with E-state index in [9.17, 15) is 9.59 Å². The Kier molecular flexibility index (Phi) is 8.20. The van der Waals surface area contributed by atoms with Crippen LogP contribution in [0.4, 0.5) is 5.69 Å². The summed E-state index contributed by atoms with van der Waals surface area (Å²) in [5, 5.41) is 13.6. The van der Waals surface area contributed by atoms with Crippen LogP contribution in [-0.4, -0.2) is 30.6 Å². The number of rotatable bonds is 7. The van der Waals surface area contributed by atoms with Gasteiger partial charge in [0.15, 0.2) is 5.96 Å². The molecule has 10 heteroatoms. The van der Waals surface area contributed by atoms with Crippen LogP contribution in [-0.2, 0) is 16.1 Å². The Balaban J connectivity index is 1.95. The zero-order valence-corrected chi connectivity index (χ0v) is 17.9. The number of amides is 2. The van der Waals surface area contributed by atoms with Crippen LogP contribution in [0.5, 0.6) is 5.75 Å². The van der Waals surface area contributed by atoms with Crippen LogP contribution in [0.1, 0.15) is 24.5 Å². The van der Waals surface area contributed by atoms with Crippen LogP contribution in [0.15, 0.2) is 41.4 Å². The van der Waals surface area contributed by atoms with Crippen molar-refractivity contribution in [2.24, 2.45) is 10.7 Å².